The molecule has 0 atom stereocenters. The summed E-state index contributed by atoms with van der Waals surface area (Å²) in [5.41, 5.74) is 2.35. The first-order chi connectivity index (χ1) is 7.35. The van der Waals surface area contributed by atoms with Gasteiger partial charge in [-0.25, -0.2) is 0 Å². The molecule has 0 aliphatic heterocycles. The second kappa shape index (κ2) is 4.36. The first kappa shape index (κ1) is 10.1. The van der Waals surface area contributed by atoms with Crippen molar-refractivity contribution in [3.63, 3.8) is 0 Å². The van der Waals surface area contributed by atoms with Crippen LogP contribution in [0.4, 0.5) is 5.69 Å². The maximum atomic E-state index is 5.21. The zero-order chi connectivity index (χ0) is 10.7. The number of rotatable bonds is 3. The Balaban J connectivity index is 2.44. The smallest absolute Gasteiger partial charge is 0.119 e. The molecule has 2 nitrogen and oxygen atoms in total. The van der Waals surface area contributed by atoms with Gasteiger partial charge in [0.1, 0.15) is 5.75 Å². The molecule has 1 aromatic heterocycles. The molecule has 1 heterocycles. The first-order valence-electron chi connectivity index (χ1n) is 4.75. The van der Waals surface area contributed by atoms with Gasteiger partial charge in [-0.1, -0.05) is 12.1 Å². The molecule has 0 fully saturated rings. The number of hydrogen-bond donors (Lipinski definition) is 1. The van der Waals surface area contributed by atoms with Crippen molar-refractivity contribution in [2.75, 3.05) is 19.5 Å². The molecule has 0 aliphatic carbocycles. The summed E-state index contributed by atoms with van der Waals surface area (Å²) in [5.74, 6) is 0.892. The van der Waals surface area contributed by atoms with Crippen LogP contribution in [0.1, 0.15) is 0 Å². The van der Waals surface area contributed by atoms with Crippen molar-refractivity contribution in [1.82, 2.24) is 0 Å². The zero-order valence-corrected chi connectivity index (χ0v) is 9.60. The Kier molecular flexibility index (Phi) is 2.92. The van der Waals surface area contributed by atoms with Crippen molar-refractivity contribution in [3.05, 3.63) is 35.7 Å². The average molecular weight is 219 g/mol. The molecule has 2 aromatic rings. The predicted octanol–water partition coefficient (Wildman–Crippen LogP) is 3.47. The van der Waals surface area contributed by atoms with Crippen LogP contribution in [0.2, 0.25) is 0 Å². The van der Waals surface area contributed by atoms with E-state index in [4.69, 9.17) is 4.74 Å². The Morgan fingerprint density at radius 2 is 2.13 bits per heavy atom. The van der Waals surface area contributed by atoms with Gasteiger partial charge < -0.3 is 10.1 Å². The lowest BCUT2D eigenvalue weighted by molar-refractivity contribution is 0.415. The molecule has 0 unspecified atom stereocenters. The molecule has 0 aliphatic rings. The molecule has 0 amide bonds. The number of anilines is 1. The molecular formula is C12H13NOS. The highest BCUT2D eigenvalue weighted by atomic mass is 32.1. The number of thiophene rings is 1. The Morgan fingerprint density at radius 1 is 1.27 bits per heavy atom. The van der Waals surface area contributed by atoms with Gasteiger partial charge in [-0.05, 0) is 29.1 Å². The fraction of sp³-hybridized carbons (Fsp3) is 0.167. The molecule has 15 heavy (non-hydrogen) atoms. The van der Waals surface area contributed by atoms with E-state index in [0.29, 0.717) is 0 Å². The molecule has 3 heteroatoms. The molecule has 1 aromatic carbocycles. The van der Waals surface area contributed by atoms with E-state index in [-0.39, 0.29) is 0 Å². The summed E-state index contributed by atoms with van der Waals surface area (Å²) in [5, 5.41) is 5.27. The second-order valence-electron chi connectivity index (χ2n) is 3.15. The Bertz CT molecular complexity index is 450. The predicted molar refractivity (Wildman–Crippen MR) is 65.9 cm³/mol. The third kappa shape index (κ3) is 1.97. The van der Waals surface area contributed by atoms with Crippen LogP contribution in [0.25, 0.3) is 10.4 Å². The van der Waals surface area contributed by atoms with Crippen LogP contribution in [0.5, 0.6) is 5.75 Å². The minimum atomic E-state index is 0.892. The third-order valence-electron chi connectivity index (χ3n) is 2.27. The summed E-state index contributed by atoms with van der Waals surface area (Å²) < 4.78 is 5.21. The molecule has 1 N–H and O–H groups in total. The van der Waals surface area contributed by atoms with Gasteiger partial charge in [0.05, 0.1) is 17.7 Å². The molecule has 0 radical (unpaired) electrons. The molecule has 0 saturated carbocycles. The van der Waals surface area contributed by atoms with Gasteiger partial charge in [-0.3, -0.25) is 0 Å². The molecule has 78 valence electrons. The fourth-order valence-corrected chi connectivity index (χ4v) is 2.39. The maximum absolute atomic E-state index is 5.21. The highest BCUT2D eigenvalue weighted by Crippen LogP contribution is 2.34. The third-order valence-corrected chi connectivity index (χ3v) is 3.23. The van der Waals surface area contributed by atoms with Crippen molar-refractivity contribution in [1.29, 1.82) is 0 Å². The summed E-state index contributed by atoms with van der Waals surface area (Å²) in [7, 11) is 3.62. The lowest BCUT2D eigenvalue weighted by atomic mass is 10.1. The number of methoxy groups -OCH3 is 1. The van der Waals surface area contributed by atoms with E-state index in [2.05, 4.69) is 22.8 Å². The van der Waals surface area contributed by atoms with Crippen molar-refractivity contribution >= 4 is 17.0 Å². The summed E-state index contributed by atoms with van der Waals surface area (Å²) in [6, 6.07) is 10.2. The fourth-order valence-electron chi connectivity index (χ4n) is 1.49. The van der Waals surface area contributed by atoms with E-state index in [1.165, 1.54) is 10.4 Å². The quantitative estimate of drug-likeness (QED) is 0.853. The lowest BCUT2D eigenvalue weighted by Crippen LogP contribution is -1.88. The van der Waals surface area contributed by atoms with E-state index in [0.717, 1.165) is 11.4 Å². The van der Waals surface area contributed by atoms with Crippen LogP contribution in [0.3, 0.4) is 0 Å². The maximum Gasteiger partial charge on any atom is 0.119 e. The second-order valence-corrected chi connectivity index (χ2v) is 4.06. The number of ether oxygens (including phenoxy) is 1. The topological polar surface area (TPSA) is 21.3 Å². The van der Waals surface area contributed by atoms with Gasteiger partial charge in [0.15, 0.2) is 0 Å². The largest absolute Gasteiger partial charge is 0.497 e. The SMILES string of the molecule is CNc1ccsc1-c1cccc(OC)c1. The van der Waals surface area contributed by atoms with Gasteiger partial charge in [-0.15, -0.1) is 11.3 Å². The van der Waals surface area contributed by atoms with Gasteiger partial charge >= 0.3 is 0 Å². The Labute approximate surface area is 93.5 Å². The summed E-state index contributed by atoms with van der Waals surface area (Å²) in [4.78, 5) is 1.25. The van der Waals surface area contributed by atoms with E-state index < -0.39 is 0 Å². The van der Waals surface area contributed by atoms with Crippen LogP contribution in [-0.4, -0.2) is 14.2 Å². The number of benzene rings is 1. The monoisotopic (exact) mass is 219 g/mol. The average Bonchev–Trinajstić information content (AvgIpc) is 2.77. The van der Waals surface area contributed by atoms with Crippen LogP contribution < -0.4 is 10.1 Å². The zero-order valence-electron chi connectivity index (χ0n) is 8.78. The van der Waals surface area contributed by atoms with E-state index >= 15 is 0 Å². The first-order valence-corrected chi connectivity index (χ1v) is 5.63. The molecule has 0 spiro atoms. The minimum absolute atomic E-state index is 0.892. The van der Waals surface area contributed by atoms with Crippen LogP contribution in [0.15, 0.2) is 35.7 Å². The summed E-state index contributed by atoms with van der Waals surface area (Å²) in [6.07, 6.45) is 0. The normalized spacial score (nSPS) is 10.0. The Morgan fingerprint density at radius 3 is 2.87 bits per heavy atom. The molecule has 0 saturated heterocycles. The highest BCUT2D eigenvalue weighted by molar-refractivity contribution is 7.14. The summed E-state index contributed by atoms with van der Waals surface area (Å²) >= 11 is 1.73. The molecule has 0 bridgehead atoms. The number of hydrogen-bond acceptors (Lipinski definition) is 3. The van der Waals surface area contributed by atoms with Crippen molar-refractivity contribution in [2.45, 2.75) is 0 Å². The minimum Gasteiger partial charge on any atom is -0.497 e. The lowest BCUT2D eigenvalue weighted by Gasteiger charge is -2.05. The Hall–Kier alpha value is -1.48. The van der Waals surface area contributed by atoms with Crippen LogP contribution >= 0.6 is 11.3 Å². The van der Waals surface area contributed by atoms with Crippen molar-refractivity contribution in [2.24, 2.45) is 0 Å². The molecular weight excluding hydrogens is 206 g/mol. The summed E-state index contributed by atoms with van der Waals surface area (Å²) in [6.45, 7) is 0. The van der Waals surface area contributed by atoms with Gasteiger partial charge in [0.2, 0.25) is 0 Å². The van der Waals surface area contributed by atoms with Crippen molar-refractivity contribution < 1.29 is 4.74 Å². The van der Waals surface area contributed by atoms with Gasteiger partial charge in [0.25, 0.3) is 0 Å². The van der Waals surface area contributed by atoms with Gasteiger partial charge in [-0.2, -0.15) is 0 Å². The van der Waals surface area contributed by atoms with Crippen molar-refractivity contribution in [3.8, 4) is 16.2 Å². The van der Waals surface area contributed by atoms with E-state index in [1.807, 2.05) is 25.2 Å². The highest BCUT2D eigenvalue weighted by Gasteiger charge is 2.05. The van der Waals surface area contributed by atoms with Crippen LogP contribution in [-0.2, 0) is 0 Å². The molecule has 2 rings (SSSR count). The van der Waals surface area contributed by atoms with Crippen LogP contribution in [0, 0.1) is 0 Å². The standard InChI is InChI=1S/C12H13NOS/c1-13-11-6-7-15-12(11)9-4-3-5-10(8-9)14-2/h3-8,13H,1-2H3. The van der Waals surface area contributed by atoms with E-state index in [1.54, 1.807) is 18.4 Å². The van der Waals surface area contributed by atoms with E-state index in [9.17, 15) is 0 Å². The van der Waals surface area contributed by atoms with Gasteiger partial charge in [0, 0.05) is 7.05 Å². The number of nitrogens with one attached hydrogen (secondary N) is 1.